The van der Waals surface area contributed by atoms with E-state index in [2.05, 4.69) is 10.6 Å². The predicted molar refractivity (Wildman–Crippen MR) is 157 cm³/mol. The quantitative estimate of drug-likeness (QED) is 0.457. The van der Waals surface area contributed by atoms with E-state index in [1.807, 2.05) is 41.5 Å². The fourth-order valence-corrected chi connectivity index (χ4v) is 5.53. The van der Waals surface area contributed by atoms with Crippen molar-refractivity contribution in [1.29, 1.82) is 0 Å². The Morgan fingerprint density at radius 3 is 2.12 bits per heavy atom. The zero-order valence-corrected chi connectivity index (χ0v) is 26.8. The molecule has 0 aliphatic carbocycles. The number of rotatable bonds is 5. The van der Waals surface area contributed by atoms with Crippen LogP contribution in [0.1, 0.15) is 80.6 Å². The summed E-state index contributed by atoms with van der Waals surface area (Å²) in [6.45, 7) is 13.1. The van der Waals surface area contributed by atoms with Crippen LogP contribution in [0.2, 0.25) is 0 Å². The van der Waals surface area contributed by atoms with Crippen LogP contribution in [0.5, 0.6) is 0 Å². The van der Waals surface area contributed by atoms with Crippen molar-refractivity contribution in [1.82, 2.24) is 25.3 Å². The number of nitrogens with one attached hydrogen (secondary N) is 2. The predicted octanol–water partition coefficient (Wildman–Crippen LogP) is 1.32. The molecular formula is C30H51N5O7. The minimum atomic E-state index is -1.07. The number of likely N-dealkylation sites (N-methyl/N-ethyl adjacent to an activating group) is 2. The van der Waals surface area contributed by atoms with Crippen LogP contribution in [-0.2, 0) is 33.5 Å². The molecule has 12 nitrogen and oxygen atoms in total. The Labute approximate surface area is 250 Å². The van der Waals surface area contributed by atoms with E-state index in [1.165, 1.54) is 21.7 Å². The maximum absolute atomic E-state index is 13.9. The van der Waals surface area contributed by atoms with Crippen LogP contribution in [0.3, 0.4) is 0 Å². The van der Waals surface area contributed by atoms with E-state index >= 15 is 0 Å². The molecule has 0 bridgehead atoms. The fraction of sp³-hybridized carbons (Fsp3) is 0.800. The highest BCUT2D eigenvalue weighted by Crippen LogP contribution is 2.24. The highest BCUT2D eigenvalue weighted by atomic mass is 16.5. The van der Waals surface area contributed by atoms with Gasteiger partial charge in [0.25, 0.3) is 5.91 Å². The summed E-state index contributed by atoms with van der Waals surface area (Å²) in [7, 11) is 3.04. The zero-order valence-electron chi connectivity index (χ0n) is 26.8. The van der Waals surface area contributed by atoms with Gasteiger partial charge in [-0.15, -0.1) is 0 Å². The lowest BCUT2D eigenvalue weighted by Gasteiger charge is -2.38. The van der Waals surface area contributed by atoms with Gasteiger partial charge in [-0.1, -0.05) is 48.0 Å². The van der Waals surface area contributed by atoms with Gasteiger partial charge < -0.3 is 30.1 Å². The maximum Gasteiger partial charge on any atom is 0.308 e. The van der Waals surface area contributed by atoms with Gasteiger partial charge in [-0.3, -0.25) is 28.8 Å². The largest absolute Gasteiger partial charge is 0.452 e. The molecule has 2 fully saturated rings. The van der Waals surface area contributed by atoms with Gasteiger partial charge in [0, 0.05) is 27.2 Å². The summed E-state index contributed by atoms with van der Waals surface area (Å²) in [6, 6.07) is -3.52. The molecule has 238 valence electrons. The van der Waals surface area contributed by atoms with Crippen LogP contribution >= 0.6 is 0 Å². The maximum atomic E-state index is 13.9. The van der Waals surface area contributed by atoms with Crippen LogP contribution < -0.4 is 10.6 Å². The molecule has 6 atom stereocenters. The number of cyclic esters (lactones) is 1. The lowest BCUT2D eigenvalue weighted by Crippen LogP contribution is -2.60. The summed E-state index contributed by atoms with van der Waals surface area (Å²) in [5.41, 5.74) is 0. The zero-order chi connectivity index (χ0) is 31.9. The van der Waals surface area contributed by atoms with Crippen LogP contribution in [0.4, 0.5) is 0 Å². The molecule has 2 aliphatic rings. The highest BCUT2D eigenvalue weighted by molar-refractivity contribution is 5.96. The Morgan fingerprint density at radius 2 is 1.55 bits per heavy atom. The topological polar surface area (TPSA) is 145 Å². The van der Waals surface area contributed by atoms with Crippen LogP contribution in [0.25, 0.3) is 0 Å². The van der Waals surface area contributed by atoms with Crippen molar-refractivity contribution in [3.8, 4) is 0 Å². The smallest absolute Gasteiger partial charge is 0.308 e. The molecule has 0 aromatic rings. The summed E-state index contributed by atoms with van der Waals surface area (Å²) in [5.74, 6) is -3.36. The van der Waals surface area contributed by atoms with Crippen LogP contribution in [0, 0.1) is 17.8 Å². The molecule has 0 aromatic carbocycles. The van der Waals surface area contributed by atoms with E-state index < -0.39 is 65.8 Å². The summed E-state index contributed by atoms with van der Waals surface area (Å²) >= 11 is 0. The van der Waals surface area contributed by atoms with E-state index in [-0.39, 0.29) is 37.1 Å². The van der Waals surface area contributed by atoms with Crippen molar-refractivity contribution in [2.75, 3.05) is 27.2 Å². The number of nitrogens with zero attached hydrogens (tertiary/aromatic N) is 3. The number of carbonyl (C=O) groups excluding carboxylic acids is 6. The summed E-state index contributed by atoms with van der Waals surface area (Å²) in [6.07, 6.45) is 0.636. The molecular weight excluding hydrogens is 542 g/mol. The van der Waals surface area contributed by atoms with Crippen molar-refractivity contribution in [3.05, 3.63) is 0 Å². The second kappa shape index (κ2) is 15.3. The van der Waals surface area contributed by atoms with Gasteiger partial charge in [-0.05, 0) is 43.9 Å². The van der Waals surface area contributed by atoms with Gasteiger partial charge in [-0.25, -0.2) is 0 Å². The van der Waals surface area contributed by atoms with Crippen molar-refractivity contribution in [3.63, 3.8) is 0 Å². The number of hydrogen-bond acceptors (Lipinski definition) is 7. The third kappa shape index (κ3) is 8.44. The summed E-state index contributed by atoms with van der Waals surface area (Å²) in [4.78, 5) is 84.6. The Hall–Kier alpha value is -3.18. The number of fused-ring (bicyclic) bond motifs is 1. The van der Waals surface area contributed by atoms with Gasteiger partial charge in [0.1, 0.15) is 24.2 Å². The minimum absolute atomic E-state index is 0.0358. The molecule has 1 unspecified atom stereocenters. The van der Waals surface area contributed by atoms with Crippen LogP contribution in [0.15, 0.2) is 0 Å². The molecule has 0 saturated carbocycles. The average Bonchev–Trinajstić information content (AvgIpc) is 3.42. The molecule has 2 saturated heterocycles. The van der Waals surface area contributed by atoms with Crippen molar-refractivity contribution >= 4 is 35.5 Å². The second-order valence-electron chi connectivity index (χ2n) is 12.5. The Kier molecular flexibility index (Phi) is 12.8. The minimum Gasteiger partial charge on any atom is -0.452 e. The van der Waals surface area contributed by atoms with Gasteiger partial charge in [-0.2, -0.15) is 0 Å². The SMILES string of the molecule is CC[C@H](C)[C@@H]1NC(=O)[C@@H]2CCCN2C(=O)C(CC(C)C)OC(=O)CCNC(=O)[C@H](C)N(C)C(=O)[C@H](C(C)C)N(C)C1=O. The van der Waals surface area contributed by atoms with E-state index in [0.717, 1.165) is 0 Å². The van der Waals surface area contributed by atoms with Crippen LogP contribution in [-0.4, -0.2) is 108 Å². The molecule has 42 heavy (non-hydrogen) atoms. The van der Waals surface area contributed by atoms with Crippen molar-refractivity contribution in [2.24, 2.45) is 17.8 Å². The fourth-order valence-electron chi connectivity index (χ4n) is 5.53. The van der Waals surface area contributed by atoms with Gasteiger partial charge in [0.2, 0.25) is 23.6 Å². The third-order valence-electron chi connectivity index (χ3n) is 8.44. The second-order valence-corrected chi connectivity index (χ2v) is 12.5. The number of esters is 1. The van der Waals surface area contributed by atoms with E-state index in [9.17, 15) is 28.8 Å². The molecule has 2 heterocycles. The van der Waals surface area contributed by atoms with Gasteiger partial charge in [0.05, 0.1) is 6.42 Å². The number of ether oxygens (including phenoxy) is 1. The van der Waals surface area contributed by atoms with Gasteiger partial charge >= 0.3 is 5.97 Å². The first-order valence-corrected chi connectivity index (χ1v) is 15.2. The standard InChI is InChI=1S/C30H51N5O7/c1-10-19(6)24-29(40)34(9)25(18(4)5)30(41)33(8)20(7)26(37)31-14-13-23(36)42-22(16-17(2)3)28(39)35-15-11-12-21(35)27(38)32-24/h17-22,24-25H,10-16H2,1-9H3,(H,31,37)(H,32,38)/t19-,20-,21-,22?,24-,25-/m0/s1. The van der Waals surface area contributed by atoms with E-state index in [1.54, 1.807) is 14.0 Å². The van der Waals surface area contributed by atoms with E-state index in [0.29, 0.717) is 25.8 Å². The molecule has 12 heteroatoms. The number of hydrogen-bond donors (Lipinski definition) is 2. The van der Waals surface area contributed by atoms with Crippen molar-refractivity contribution in [2.45, 2.75) is 111 Å². The first-order chi connectivity index (χ1) is 19.6. The molecule has 2 aliphatic heterocycles. The molecule has 5 amide bonds. The monoisotopic (exact) mass is 593 g/mol. The molecule has 2 rings (SSSR count). The molecule has 2 N–H and O–H groups in total. The first-order valence-electron chi connectivity index (χ1n) is 15.2. The van der Waals surface area contributed by atoms with E-state index in [4.69, 9.17) is 4.74 Å². The Bertz CT molecular complexity index is 1020. The Balaban J connectivity index is 2.54. The number of carbonyl (C=O) groups is 6. The molecule has 0 radical (unpaired) electrons. The summed E-state index contributed by atoms with van der Waals surface area (Å²) in [5, 5.41) is 5.57. The Morgan fingerprint density at radius 1 is 0.905 bits per heavy atom. The normalized spacial score (nSPS) is 28.6. The average molecular weight is 594 g/mol. The first kappa shape index (κ1) is 35.0. The van der Waals surface area contributed by atoms with Gasteiger partial charge in [0.15, 0.2) is 6.10 Å². The highest BCUT2D eigenvalue weighted by Gasteiger charge is 2.42. The molecule has 0 spiro atoms. The summed E-state index contributed by atoms with van der Waals surface area (Å²) < 4.78 is 5.59. The number of amides is 5. The lowest BCUT2D eigenvalue weighted by molar-refractivity contribution is -0.162. The molecule has 0 aromatic heterocycles. The lowest BCUT2D eigenvalue weighted by atomic mass is 9.94. The third-order valence-corrected chi connectivity index (χ3v) is 8.44. The van der Waals surface area contributed by atoms with Crippen molar-refractivity contribution < 1.29 is 33.5 Å².